The first-order valence-electron chi connectivity index (χ1n) is 5.20. The predicted molar refractivity (Wildman–Crippen MR) is 63.8 cm³/mol. The summed E-state index contributed by atoms with van der Waals surface area (Å²) in [5.74, 6) is 1.16. The maximum atomic E-state index is 5.91. The van der Waals surface area contributed by atoms with Crippen molar-refractivity contribution in [2.75, 3.05) is 12.3 Å². The lowest BCUT2D eigenvalue weighted by atomic mass is 10.1. The number of hydrogen-bond donors (Lipinski definition) is 1. The van der Waals surface area contributed by atoms with Gasteiger partial charge >= 0.3 is 0 Å². The molecule has 2 heteroatoms. The second-order valence-electron chi connectivity index (χ2n) is 3.94. The van der Waals surface area contributed by atoms with Crippen LogP contribution in [0.15, 0.2) is 24.3 Å². The van der Waals surface area contributed by atoms with E-state index in [0.717, 1.165) is 25.1 Å². The lowest BCUT2D eigenvalue weighted by molar-refractivity contribution is 0.633. The van der Waals surface area contributed by atoms with Gasteiger partial charge in [-0.2, -0.15) is 11.8 Å². The molecule has 0 unspecified atom stereocenters. The van der Waals surface area contributed by atoms with Crippen LogP contribution >= 0.6 is 11.8 Å². The Kier molecular flexibility index (Phi) is 2.84. The van der Waals surface area contributed by atoms with E-state index >= 15 is 0 Å². The van der Waals surface area contributed by atoms with Crippen LogP contribution in [0, 0.1) is 0 Å². The van der Waals surface area contributed by atoms with E-state index in [1.54, 1.807) is 0 Å². The molecule has 1 aliphatic rings. The molecule has 0 saturated carbocycles. The van der Waals surface area contributed by atoms with Crippen molar-refractivity contribution in [2.24, 2.45) is 5.73 Å². The fourth-order valence-electron chi connectivity index (χ4n) is 2.27. The van der Waals surface area contributed by atoms with Gasteiger partial charge in [0.1, 0.15) is 0 Å². The number of fused-ring (bicyclic) bond motifs is 1. The highest BCUT2D eigenvalue weighted by molar-refractivity contribution is 8.00. The molecular weight excluding hydrogens is 190 g/mol. The molecule has 0 fully saturated rings. The SMILES string of the molecule is CCSC1(CN)Cc2ccccc2C1. The molecule has 2 rings (SSSR count). The highest BCUT2D eigenvalue weighted by Gasteiger charge is 2.35. The molecule has 0 saturated heterocycles. The normalized spacial score (nSPS) is 18.1. The summed E-state index contributed by atoms with van der Waals surface area (Å²) in [6, 6.07) is 8.73. The van der Waals surface area contributed by atoms with Crippen LogP contribution in [0.4, 0.5) is 0 Å². The Labute approximate surface area is 90.1 Å². The van der Waals surface area contributed by atoms with Crippen LogP contribution in [0.5, 0.6) is 0 Å². The molecule has 0 heterocycles. The van der Waals surface area contributed by atoms with Crippen molar-refractivity contribution in [2.45, 2.75) is 24.5 Å². The van der Waals surface area contributed by atoms with E-state index < -0.39 is 0 Å². The topological polar surface area (TPSA) is 26.0 Å². The van der Waals surface area contributed by atoms with Crippen molar-refractivity contribution < 1.29 is 0 Å². The summed E-state index contributed by atoms with van der Waals surface area (Å²) in [5.41, 5.74) is 8.91. The molecule has 76 valence electrons. The molecule has 1 aromatic rings. The van der Waals surface area contributed by atoms with Crippen LogP contribution in [-0.2, 0) is 12.8 Å². The van der Waals surface area contributed by atoms with Crippen molar-refractivity contribution in [3.05, 3.63) is 35.4 Å². The van der Waals surface area contributed by atoms with Gasteiger partial charge in [-0.05, 0) is 29.7 Å². The molecular formula is C12H17NS. The van der Waals surface area contributed by atoms with E-state index in [1.807, 2.05) is 11.8 Å². The first-order valence-corrected chi connectivity index (χ1v) is 6.19. The minimum atomic E-state index is 0.290. The smallest absolute Gasteiger partial charge is 0.0362 e. The van der Waals surface area contributed by atoms with Crippen molar-refractivity contribution in [1.29, 1.82) is 0 Å². The van der Waals surface area contributed by atoms with Crippen LogP contribution in [0.1, 0.15) is 18.1 Å². The lowest BCUT2D eigenvalue weighted by Gasteiger charge is -2.25. The van der Waals surface area contributed by atoms with Crippen LogP contribution in [0.25, 0.3) is 0 Å². The number of benzene rings is 1. The molecule has 0 aromatic heterocycles. The zero-order valence-corrected chi connectivity index (χ0v) is 9.44. The third-order valence-electron chi connectivity index (χ3n) is 2.97. The summed E-state index contributed by atoms with van der Waals surface area (Å²) >= 11 is 2.02. The van der Waals surface area contributed by atoms with E-state index in [2.05, 4.69) is 31.2 Å². The minimum absolute atomic E-state index is 0.290. The van der Waals surface area contributed by atoms with E-state index in [9.17, 15) is 0 Å². The minimum Gasteiger partial charge on any atom is -0.329 e. The highest BCUT2D eigenvalue weighted by Crippen LogP contribution is 2.39. The molecule has 0 spiro atoms. The van der Waals surface area contributed by atoms with Gasteiger partial charge in [0.2, 0.25) is 0 Å². The van der Waals surface area contributed by atoms with Gasteiger partial charge in [-0.25, -0.2) is 0 Å². The Hall–Kier alpha value is -0.470. The van der Waals surface area contributed by atoms with Crippen LogP contribution < -0.4 is 5.73 Å². The molecule has 0 aliphatic heterocycles. The van der Waals surface area contributed by atoms with Gasteiger partial charge < -0.3 is 5.73 Å². The maximum Gasteiger partial charge on any atom is 0.0362 e. The number of rotatable bonds is 3. The molecule has 0 radical (unpaired) electrons. The van der Waals surface area contributed by atoms with Crippen molar-refractivity contribution in [3.8, 4) is 0 Å². The van der Waals surface area contributed by atoms with E-state index in [-0.39, 0.29) is 0 Å². The zero-order valence-electron chi connectivity index (χ0n) is 8.62. The Balaban J connectivity index is 2.23. The Bertz CT molecular complexity index is 297. The van der Waals surface area contributed by atoms with E-state index in [4.69, 9.17) is 5.73 Å². The van der Waals surface area contributed by atoms with Gasteiger partial charge in [0.15, 0.2) is 0 Å². The largest absolute Gasteiger partial charge is 0.329 e. The molecule has 1 aromatic carbocycles. The molecule has 0 bridgehead atoms. The van der Waals surface area contributed by atoms with Crippen LogP contribution in [0.3, 0.4) is 0 Å². The molecule has 14 heavy (non-hydrogen) atoms. The van der Waals surface area contributed by atoms with Gasteiger partial charge in [-0.3, -0.25) is 0 Å². The highest BCUT2D eigenvalue weighted by atomic mass is 32.2. The third kappa shape index (κ3) is 1.69. The Morgan fingerprint density at radius 3 is 2.29 bits per heavy atom. The molecule has 1 aliphatic carbocycles. The summed E-state index contributed by atoms with van der Waals surface area (Å²) in [6.45, 7) is 3.01. The number of thioether (sulfide) groups is 1. The maximum absolute atomic E-state index is 5.91. The molecule has 1 nitrogen and oxygen atoms in total. The van der Waals surface area contributed by atoms with Gasteiger partial charge in [0, 0.05) is 11.3 Å². The Morgan fingerprint density at radius 2 is 1.86 bits per heavy atom. The van der Waals surface area contributed by atoms with Crippen molar-refractivity contribution in [1.82, 2.24) is 0 Å². The first-order chi connectivity index (χ1) is 6.79. The van der Waals surface area contributed by atoms with Gasteiger partial charge in [0.25, 0.3) is 0 Å². The summed E-state index contributed by atoms with van der Waals surface area (Å²) in [4.78, 5) is 0. The predicted octanol–water partition coefficient (Wildman–Crippen LogP) is 2.24. The second-order valence-corrected chi connectivity index (χ2v) is 5.67. The summed E-state index contributed by atoms with van der Waals surface area (Å²) in [5, 5.41) is 0. The van der Waals surface area contributed by atoms with Crippen molar-refractivity contribution in [3.63, 3.8) is 0 Å². The average molecular weight is 207 g/mol. The quantitative estimate of drug-likeness (QED) is 0.822. The van der Waals surface area contributed by atoms with Crippen LogP contribution in [-0.4, -0.2) is 17.0 Å². The molecule has 2 N–H and O–H groups in total. The summed E-state index contributed by atoms with van der Waals surface area (Å²) in [6.07, 6.45) is 2.30. The van der Waals surface area contributed by atoms with E-state index in [1.165, 1.54) is 11.1 Å². The molecule has 0 amide bonds. The number of hydrogen-bond acceptors (Lipinski definition) is 2. The molecule has 0 atom stereocenters. The standard InChI is InChI=1S/C12H17NS/c1-2-14-12(9-13)7-10-5-3-4-6-11(10)8-12/h3-6H,2,7-9,13H2,1H3. The average Bonchev–Trinajstić information content (AvgIpc) is 2.57. The first kappa shape index (κ1) is 10.1. The summed E-state index contributed by atoms with van der Waals surface area (Å²) < 4.78 is 0.290. The fraction of sp³-hybridized carbons (Fsp3) is 0.500. The Morgan fingerprint density at radius 1 is 1.29 bits per heavy atom. The van der Waals surface area contributed by atoms with Crippen molar-refractivity contribution >= 4 is 11.8 Å². The lowest BCUT2D eigenvalue weighted by Crippen LogP contribution is -2.35. The third-order valence-corrected chi connectivity index (χ3v) is 4.32. The van der Waals surface area contributed by atoms with Gasteiger partial charge in [0.05, 0.1) is 0 Å². The van der Waals surface area contributed by atoms with Gasteiger partial charge in [-0.15, -0.1) is 0 Å². The van der Waals surface area contributed by atoms with E-state index in [0.29, 0.717) is 4.75 Å². The zero-order chi connectivity index (χ0) is 10.0. The second kappa shape index (κ2) is 3.95. The fourth-order valence-corrected chi connectivity index (χ4v) is 3.52. The van der Waals surface area contributed by atoms with Gasteiger partial charge in [-0.1, -0.05) is 31.2 Å². The summed E-state index contributed by atoms with van der Waals surface area (Å²) in [7, 11) is 0. The monoisotopic (exact) mass is 207 g/mol. The number of nitrogens with two attached hydrogens (primary N) is 1. The van der Waals surface area contributed by atoms with Crippen LogP contribution in [0.2, 0.25) is 0 Å².